The van der Waals surface area contributed by atoms with Crippen molar-refractivity contribution in [1.29, 1.82) is 0 Å². The van der Waals surface area contributed by atoms with Crippen molar-refractivity contribution in [2.24, 2.45) is 17.3 Å². The highest BCUT2D eigenvalue weighted by atomic mass is 16.1. The maximum absolute atomic E-state index is 11.9. The summed E-state index contributed by atoms with van der Waals surface area (Å²) in [5.74, 6) is 1.67. The fourth-order valence-corrected chi connectivity index (χ4v) is 2.13. The van der Waals surface area contributed by atoms with Gasteiger partial charge in [-0.15, -0.1) is 0 Å². The first-order valence-electron chi connectivity index (χ1n) is 5.45. The topological polar surface area (TPSA) is 17.1 Å². The summed E-state index contributed by atoms with van der Waals surface area (Å²) in [7, 11) is 0. The van der Waals surface area contributed by atoms with Crippen LogP contribution in [0.15, 0.2) is 0 Å². The van der Waals surface area contributed by atoms with Crippen LogP contribution >= 0.6 is 0 Å². The summed E-state index contributed by atoms with van der Waals surface area (Å²) < 4.78 is 0. The third-order valence-corrected chi connectivity index (χ3v) is 3.13. The van der Waals surface area contributed by atoms with E-state index < -0.39 is 0 Å². The number of Topliss-reactive ketones (excluding diaryl/α,β-unsaturated/α-hetero) is 1. The number of hydrogen-bond acceptors (Lipinski definition) is 1. The molecule has 0 N–H and O–H groups in total. The molecule has 1 saturated carbocycles. The van der Waals surface area contributed by atoms with Crippen molar-refractivity contribution in [3.63, 3.8) is 0 Å². The average Bonchev–Trinajstić information content (AvgIpc) is 2.03. The van der Waals surface area contributed by atoms with Gasteiger partial charge in [-0.1, -0.05) is 40.5 Å². The predicted octanol–water partition coefficient (Wildman–Crippen LogP) is 3.43. The van der Waals surface area contributed by atoms with E-state index in [4.69, 9.17) is 0 Å². The molecule has 0 bridgehead atoms. The van der Waals surface area contributed by atoms with E-state index in [1.54, 1.807) is 0 Å². The van der Waals surface area contributed by atoms with Gasteiger partial charge in [0, 0.05) is 11.3 Å². The molecule has 0 aliphatic heterocycles. The molecule has 0 radical (unpaired) electrons. The Bertz CT molecular complexity index is 180. The van der Waals surface area contributed by atoms with Crippen LogP contribution in [-0.4, -0.2) is 5.78 Å². The van der Waals surface area contributed by atoms with Gasteiger partial charge in [-0.25, -0.2) is 0 Å². The standard InChI is InChI=1S/C12H22O/c1-9-5-7-10(8-6-9)11(13)12(2,3)4/h9-10H,5-8H2,1-4H3/t9-,10+. The Morgan fingerprint density at radius 3 is 1.92 bits per heavy atom. The molecule has 0 atom stereocenters. The van der Waals surface area contributed by atoms with Crippen molar-refractivity contribution >= 4 is 5.78 Å². The van der Waals surface area contributed by atoms with Crippen LogP contribution in [0.25, 0.3) is 0 Å². The van der Waals surface area contributed by atoms with Crippen molar-refractivity contribution in [2.75, 3.05) is 0 Å². The van der Waals surface area contributed by atoms with Gasteiger partial charge >= 0.3 is 0 Å². The third kappa shape index (κ3) is 2.82. The molecule has 0 aromatic carbocycles. The molecule has 13 heavy (non-hydrogen) atoms. The van der Waals surface area contributed by atoms with Crippen LogP contribution in [0.1, 0.15) is 53.4 Å². The van der Waals surface area contributed by atoms with Gasteiger partial charge in [-0.2, -0.15) is 0 Å². The minimum atomic E-state index is -0.134. The lowest BCUT2D eigenvalue weighted by Gasteiger charge is -2.29. The molecule has 76 valence electrons. The molecule has 0 saturated heterocycles. The van der Waals surface area contributed by atoms with E-state index in [-0.39, 0.29) is 5.41 Å². The Morgan fingerprint density at radius 1 is 1.08 bits per heavy atom. The second kappa shape index (κ2) is 3.81. The maximum atomic E-state index is 11.9. The van der Waals surface area contributed by atoms with Crippen molar-refractivity contribution in [3.05, 3.63) is 0 Å². The van der Waals surface area contributed by atoms with Crippen LogP contribution in [-0.2, 0) is 4.79 Å². The second-order valence-corrected chi connectivity index (χ2v) is 5.57. The summed E-state index contributed by atoms with van der Waals surface area (Å²) in [6, 6.07) is 0. The SMILES string of the molecule is CC(C)(C)C(=O)[C@H]1CC[C@@H](C)CC1. The molecular formula is C12H22O. The van der Waals surface area contributed by atoms with Crippen LogP contribution in [0, 0.1) is 17.3 Å². The van der Waals surface area contributed by atoms with Gasteiger partial charge in [0.15, 0.2) is 0 Å². The molecule has 0 aromatic heterocycles. The Kier molecular flexibility index (Phi) is 3.15. The number of rotatable bonds is 1. The zero-order valence-corrected chi connectivity index (χ0v) is 9.39. The molecule has 0 amide bonds. The molecule has 1 heteroatoms. The van der Waals surface area contributed by atoms with Crippen molar-refractivity contribution in [2.45, 2.75) is 53.4 Å². The Balaban J connectivity index is 2.50. The molecule has 1 fully saturated rings. The Labute approximate surface area is 81.9 Å². The van der Waals surface area contributed by atoms with Gasteiger partial charge in [-0.05, 0) is 18.8 Å². The number of hydrogen-bond donors (Lipinski definition) is 0. The second-order valence-electron chi connectivity index (χ2n) is 5.57. The van der Waals surface area contributed by atoms with Crippen molar-refractivity contribution < 1.29 is 4.79 Å². The summed E-state index contributed by atoms with van der Waals surface area (Å²) in [5.41, 5.74) is -0.134. The van der Waals surface area contributed by atoms with Crippen LogP contribution < -0.4 is 0 Å². The first-order valence-corrected chi connectivity index (χ1v) is 5.45. The molecule has 1 aliphatic carbocycles. The number of ketones is 1. The predicted molar refractivity (Wildman–Crippen MR) is 55.6 cm³/mol. The number of carbonyl (C=O) groups excluding carboxylic acids is 1. The molecule has 0 heterocycles. The summed E-state index contributed by atoms with van der Waals surface area (Å²) >= 11 is 0. The van der Waals surface area contributed by atoms with Gasteiger partial charge in [0.1, 0.15) is 5.78 Å². The molecule has 0 aromatic rings. The van der Waals surface area contributed by atoms with Crippen LogP contribution in [0.3, 0.4) is 0 Å². The zero-order chi connectivity index (χ0) is 10.1. The summed E-state index contributed by atoms with van der Waals surface area (Å²) in [6.45, 7) is 8.39. The van der Waals surface area contributed by atoms with Crippen molar-refractivity contribution in [1.82, 2.24) is 0 Å². The average molecular weight is 182 g/mol. The smallest absolute Gasteiger partial charge is 0.141 e. The van der Waals surface area contributed by atoms with Crippen LogP contribution in [0.4, 0.5) is 0 Å². The van der Waals surface area contributed by atoms with Gasteiger partial charge in [-0.3, -0.25) is 4.79 Å². The lowest BCUT2D eigenvalue weighted by Crippen LogP contribution is -2.30. The summed E-state index contributed by atoms with van der Waals surface area (Å²) in [5, 5.41) is 0. The lowest BCUT2D eigenvalue weighted by atomic mass is 9.74. The van der Waals surface area contributed by atoms with Gasteiger partial charge in [0.05, 0.1) is 0 Å². The Morgan fingerprint density at radius 2 is 1.54 bits per heavy atom. The first kappa shape index (κ1) is 10.7. The van der Waals surface area contributed by atoms with E-state index >= 15 is 0 Å². The fraction of sp³-hybridized carbons (Fsp3) is 0.917. The minimum absolute atomic E-state index is 0.134. The van der Waals surface area contributed by atoms with E-state index in [1.807, 2.05) is 20.8 Å². The highest BCUT2D eigenvalue weighted by Gasteiger charge is 2.31. The lowest BCUT2D eigenvalue weighted by molar-refractivity contribution is -0.131. The molecule has 0 spiro atoms. The van der Waals surface area contributed by atoms with Crippen molar-refractivity contribution in [3.8, 4) is 0 Å². The number of carbonyl (C=O) groups is 1. The monoisotopic (exact) mass is 182 g/mol. The largest absolute Gasteiger partial charge is 0.299 e. The van der Waals surface area contributed by atoms with E-state index in [1.165, 1.54) is 12.8 Å². The van der Waals surface area contributed by atoms with Gasteiger partial charge in [0.2, 0.25) is 0 Å². The quantitative estimate of drug-likeness (QED) is 0.607. The molecular weight excluding hydrogens is 160 g/mol. The normalized spacial score (nSPS) is 30.2. The fourth-order valence-electron chi connectivity index (χ4n) is 2.13. The third-order valence-electron chi connectivity index (χ3n) is 3.13. The van der Waals surface area contributed by atoms with E-state index in [9.17, 15) is 4.79 Å². The van der Waals surface area contributed by atoms with Crippen LogP contribution in [0.5, 0.6) is 0 Å². The van der Waals surface area contributed by atoms with E-state index in [0.29, 0.717) is 11.7 Å². The zero-order valence-electron chi connectivity index (χ0n) is 9.39. The van der Waals surface area contributed by atoms with Gasteiger partial charge in [0.25, 0.3) is 0 Å². The highest BCUT2D eigenvalue weighted by molar-refractivity contribution is 5.85. The van der Waals surface area contributed by atoms with Crippen LogP contribution in [0.2, 0.25) is 0 Å². The van der Waals surface area contributed by atoms with E-state index in [2.05, 4.69) is 6.92 Å². The summed E-state index contributed by atoms with van der Waals surface area (Å²) in [6.07, 6.45) is 4.73. The molecule has 1 nitrogen and oxygen atoms in total. The molecule has 1 aliphatic rings. The first-order chi connectivity index (χ1) is 5.91. The Hall–Kier alpha value is -0.330. The molecule has 0 unspecified atom stereocenters. The highest BCUT2D eigenvalue weighted by Crippen LogP contribution is 2.33. The van der Waals surface area contributed by atoms with E-state index in [0.717, 1.165) is 18.8 Å². The van der Waals surface area contributed by atoms with Gasteiger partial charge < -0.3 is 0 Å². The summed E-state index contributed by atoms with van der Waals surface area (Å²) in [4.78, 5) is 11.9. The minimum Gasteiger partial charge on any atom is -0.299 e. The molecule has 1 rings (SSSR count). The maximum Gasteiger partial charge on any atom is 0.141 e.